The first kappa shape index (κ1) is 15.8. The van der Waals surface area contributed by atoms with Crippen LogP contribution < -0.4 is 15.4 Å². The number of benzene rings is 2. The minimum atomic E-state index is -3.44. The summed E-state index contributed by atoms with van der Waals surface area (Å²) in [6.07, 6.45) is 0. The first-order valence-corrected chi connectivity index (χ1v) is 9.00. The van der Waals surface area contributed by atoms with E-state index in [1.807, 2.05) is 37.3 Å². The molecule has 1 atom stereocenters. The van der Waals surface area contributed by atoms with Gasteiger partial charge in [0, 0.05) is 18.8 Å². The van der Waals surface area contributed by atoms with Crippen LogP contribution in [0.3, 0.4) is 0 Å². The largest absolute Gasteiger partial charge is 0.497 e. The van der Waals surface area contributed by atoms with Crippen molar-refractivity contribution in [1.29, 1.82) is 0 Å². The molecule has 5 nitrogen and oxygen atoms in total. The summed E-state index contributed by atoms with van der Waals surface area (Å²) in [5.74, 6) is 0.757. The first-order valence-electron chi connectivity index (χ1n) is 7.45. The Balaban J connectivity index is 1.85. The molecule has 0 radical (unpaired) electrons. The fourth-order valence-corrected chi connectivity index (χ4v) is 4.08. The Morgan fingerprint density at radius 1 is 1.13 bits per heavy atom. The lowest BCUT2D eigenvalue weighted by Gasteiger charge is -2.17. The number of methoxy groups -OCH3 is 1. The van der Waals surface area contributed by atoms with Crippen molar-refractivity contribution in [2.24, 2.45) is 0 Å². The number of rotatable bonds is 3. The van der Waals surface area contributed by atoms with E-state index in [0.29, 0.717) is 18.0 Å². The average Bonchev–Trinajstić information content (AvgIpc) is 2.77. The summed E-state index contributed by atoms with van der Waals surface area (Å²) in [6.45, 7) is 2.72. The molecule has 1 heterocycles. The van der Waals surface area contributed by atoms with Crippen molar-refractivity contribution in [2.75, 3.05) is 19.0 Å². The summed E-state index contributed by atoms with van der Waals surface area (Å²) in [4.78, 5) is 0.339. The van der Waals surface area contributed by atoms with Gasteiger partial charge < -0.3 is 10.1 Å². The lowest BCUT2D eigenvalue weighted by molar-refractivity contribution is 0.414. The molecule has 2 N–H and O–H groups in total. The standard InChI is InChI=1S/C17H20N2O3S/c1-12-3-6-15(7-4-12)23(20,21)17-11-18-16-8-5-14(22-2)9-13(16)10-19-17/h3-9,17-19H,10-11H2,1-2H3. The lowest BCUT2D eigenvalue weighted by atomic mass is 10.1. The predicted molar refractivity (Wildman–Crippen MR) is 90.5 cm³/mol. The molecule has 0 spiro atoms. The van der Waals surface area contributed by atoms with Crippen LogP contribution in [0.15, 0.2) is 47.4 Å². The van der Waals surface area contributed by atoms with E-state index in [9.17, 15) is 8.42 Å². The summed E-state index contributed by atoms with van der Waals surface area (Å²) in [5, 5.41) is 5.68. The van der Waals surface area contributed by atoms with Gasteiger partial charge in [-0.15, -0.1) is 0 Å². The van der Waals surface area contributed by atoms with Crippen molar-refractivity contribution in [1.82, 2.24) is 5.32 Å². The maximum absolute atomic E-state index is 12.8. The Hall–Kier alpha value is -2.05. The van der Waals surface area contributed by atoms with Crippen LogP contribution in [-0.4, -0.2) is 27.4 Å². The van der Waals surface area contributed by atoms with E-state index >= 15 is 0 Å². The minimum Gasteiger partial charge on any atom is -0.497 e. The Bertz CT molecular complexity index is 801. The van der Waals surface area contributed by atoms with Crippen LogP contribution in [0.4, 0.5) is 5.69 Å². The lowest BCUT2D eigenvalue weighted by Crippen LogP contribution is -2.40. The van der Waals surface area contributed by atoms with Crippen molar-refractivity contribution in [2.45, 2.75) is 23.7 Å². The van der Waals surface area contributed by atoms with Gasteiger partial charge in [0.05, 0.1) is 12.0 Å². The van der Waals surface area contributed by atoms with Gasteiger partial charge in [0.15, 0.2) is 9.84 Å². The quantitative estimate of drug-likeness (QED) is 0.903. The van der Waals surface area contributed by atoms with E-state index in [0.717, 1.165) is 22.6 Å². The molecule has 6 heteroatoms. The smallest absolute Gasteiger partial charge is 0.195 e. The Kier molecular flexibility index (Phi) is 4.28. The van der Waals surface area contributed by atoms with E-state index in [1.54, 1.807) is 19.2 Å². The van der Waals surface area contributed by atoms with Gasteiger partial charge in [0.1, 0.15) is 11.1 Å². The maximum atomic E-state index is 12.8. The van der Waals surface area contributed by atoms with Gasteiger partial charge in [-0.3, -0.25) is 5.32 Å². The number of aryl methyl sites for hydroxylation is 1. The summed E-state index contributed by atoms with van der Waals surface area (Å²) in [7, 11) is -1.83. The number of fused-ring (bicyclic) bond motifs is 1. The number of nitrogens with one attached hydrogen (secondary N) is 2. The number of anilines is 1. The Labute approximate surface area is 136 Å². The molecule has 0 amide bonds. The third-order valence-corrected chi connectivity index (χ3v) is 6.05. The molecule has 0 saturated carbocycles. The average molecular weight is 332 g/mol. The van der Waals surface area contributed by atoms with Gasteiger partial charge in [0.25, 0.3) is 0 Å². The topological polar surface area (TPSA) is 67.4 Å². The van der Waals surface area contributed by atoms with Gasteiger partial charge in [-0.05, 0) is 42.8 Å². The fourth-order valence-electron chi connectivity index (χ4n) is 2.63. The van der Waals surface area contributed by atoms with E-state index in [4.69, 9.17) is 4.74 Å². The molecule has 2 aromatic rings. The van der Waals surface area contributed by atoms with Crippen LogP contribution in [0.1, 0.15) is 11.1 Å². The molecule has 1 aliphatic rings. The molecular formula is C17H20N2O3S. The third-order valence-electron chi connectivity index (χ3n) is 4.03. The maximum Gasteiger partial charge on any atom is 0.195 e. The number of ether oxygens (including phenoxy) is 1. The first-order chi connectivity index (χ1) is 11.0. The number of hydrogen-bond donors (Lipinski definition) is 2. The predicted octanol–water partition coefficient (Wildman–Crippen LogP) is 2.32. The summed E-state index contributed by atoms with van der Waals surface area (Å²) in [6, 6.07) is 12.6. The molecule has 0 bridgehead atoms. The van der Waals surface area contributed by atoms with Crippen molar-refractivity contribution in [3.8, 4) is 5.75 Å². The molecule has 0 aromatic heterocycles. The number of sulfone groups is 1. The highest BCUT2D eigenvalue weighted by Crippen LogP contribution is 2.25. The third kappa shape index (κ3) is 3.18. The molecule has 0 saturated heterocycles. The molecule has 23 heavy (non-hydrogen) atoms. The molecular weight excluding hydrogens is 312 g/mol. The highest BCUT2D eigenvalue weighted by molar-refractivity contribution is 7.92. The van der Waals surface area contributed by atoms with E-state index in [1.165, 1.54) is 0 Å². The minimum absolute atomic E-state index is 0.315. The zero-order valence-corrected chi connectivity index (χ0v) is 14.0. The Morgan fingerprint density at radius 3 is 2.57 bits per heavy atom. The van der Waals surface area contributed by atoms with Crippen LogP contribution in [0.5, 0.6) is 5.75 Å². The molecule has 0 fully saturated rings. The van der Waals surface area contributed by atoms with Gasteiger partial charge in [-0.25, -0.2) is 8.42 Å². The van der Waals surface area contributed by atoms with Crippen molar-refractivity contribution in [3.63, 3.8) is 0 Å². The summed E-state index contributed by atoms with van der Waals surface area (Å²) < 4.78 is 30.8. The molecule has 3 rings (SSSR count). The zero-order chi connectivity index (χ0) is 16.4. The summed E-state index contributed by atoms with van der Waals surface area (Å²) in [5.41, 5.74) is 2.96. The van der Waals surface area contributed by atoms with Gasteiger partial charge in [0.2, 0.25) is 0 Å². The fraction of sp³-hybridized carbons (Fsp3) is 0.294. The second-order valence-corrected chi connectivity index (χ2v) is 7.76. The van der Waals surface area contributed by atoms with Crippen molar-refractivity contribution < 1.29 is 13.2 Å². The van der Waals surface area contributed by atoms with Crippen LogP contribution in [0, 0.1) is 6.92 Å². The van der Waals surface area contributed by atoms with Gasteiger partial charge in [-0.2, -0.15) is 0 Å². The molecule has 1 unspecified atom stereocenters. The SMILES string of the molecule is COc1ccc2c(c1)CNC(S(=O)(=O)c1ccc(C)cc1)CN2. The van der Waals surface area contributed by atoms with Crippen LogP contribution in [-0.2, 0) is 16.4 Å². The highest BCUT2D eigenvalue weighted by Gasteiger charge is 2.29. The zero-order valence-electron chi connectivity index (χ0n) is 13.2. The highest BCUT2D eigenvalue weighted by atomic mass is 32.2. The normalized spacial score (nSPS) is 17.7. The van der Waals surface area contributed by atoms with Crippen molar-refractivity contribution >= 4 is 15.5 Å². The van der Waals surface area contributed by atoms with Gasteiger partial charge >= 0.3 is 0 Å². The second kappa shape index (κ2) is 6.22. The monoisotopic (exact) mass is 332 g/mol. The number of hydrogen-bond acceptors (Lipinski definition) is 5. The van der Waals surface area contributed by atoms with Gasteiger partial charge in [-0.1, -0.05) is 17.7 Å². The van der Waals surface area contributed by atoms with E-state index in [2.05, 4.69) is 10.6 Å². The molecule has 0 aliphatic carbocycles. The second-order valence-electron chi connectivity index (χ2n) is 5.63. The van der Waals surface area contributed by atoms with Crippen LogP contribution in [0.25, 0.3) is 0 Å². The Morgan fingerprint density at radius 2 is 1.87 bits per heavy atom. The molecule has 122 valence electrons. The van der Waals surface area contributed by atoms with E-state index < -0.39 is 15.2 Å². The summed E-state index contributed by atoms with van der Waals surface area (Å²) >= 11 is 0. The van der Waals surface area contributed by atoms with Crippen LogP contribution >= 0.6 is 0 Å². The van der Waals surface area contributed by atoms with Crippen LogP contribution in [0.2, 0.25) is 0 Å². The van der Waals surface area contributed by atoms with E-state index in [-0.39, 0.29) is 0 Å². The molecule has 2 aromatic carbocycles. The van der Waals surface area contributed by atoms with Crippen molar-refractivity contribution in [3.05, 3.63) is 53.6 Å². The molecule has 1 aliphatic heterocycles.